The predicted octanol–water partition coefficient (Wildman–Crippen LogP) is 4.95. The van der Waals surface area contributed by atoms with Crippen LogP contribution in [0.25, 0.3) is 32.9 Å². The lowest BCUT2D eigenvalue weighted by atomic mass is 9.86. The molecular formula is C31H21N3O3. The Morgan fingerprint density at radius 2 is 1.57 bits per heavy atom. The molecular weight excluding hydrogens is 462 g/mol. The van der Waals surface area contributed by atoms with Crippen LogP contribution in [0.1, 0.15) is 16.8 Å². The minimum absolute atomic E-state index is 0.228. The lowest BCUT2D eigenvalue weighted by Crippen LogP contribution is -2.29. The van der Waals surface area contributed by atoms with Gasteiger partial charge in [0, 0.05) is 28.4 Å². The summed E-state index contributed by atoms with van der Waals surface area (Å²) in [7, 11) is 0. The molecule has 0 bridgehead atoms. The first-order chi connectivity index (χ1) is 18.0. The molecule has 0 unspecified atom stereocenters. The molecule has 6 nitrogen and oxygen atoms in total. The van der Waals surface area contributed by atoms with E-state index in [4.69, 9.17) is 5.26 Å². The van der Waals surface area contributed by atoms with E-state index >= 15 is 0 Å². The van der Waals surface area contributed by atoms with E-state index in [-0.39, 0.29) is 11.3 Å². The normalized spacial score (nSPS) is 14.3. The molecule has 0 saturated heterocycles. The molecule has 1 aliphatic rings. The number of fused-ring (bicyclic) bond motifs is 3. The molecule has 0 saturated carbocycles. The molecule has 3 aromatic carbocycles. The number of pyridine rings is 1. The van der Waals surface area contributed by atoms with Gasteiger partial charge in [0.15, 0.2) is 5.78 Å². The predicted molar refractivity (Wildman–Crippen MR) is 143 cm³/mol. The summed E-state index contributed by atoms with van der Waals surface area (Å²) in [6, 6.07) is 26.8. The maximum absolute atomic E-state index is 13.8. The molecule has 0 radical (unpaired) electrons. The quantitative estimate of drug-likeness (QED) is 0.378. The lowest BCUT2D eigenvalue weighted by molar-refractivity contribution is -0.110. The Hall–Kier alpha value is -4.99. The third-order valence-corrected chi connectivity index (χ3v) is 6.81. The number of carbonyl (C=O) groups is 1. The average Bonchev–Trinajstić information content (AvgIpc) is 3.26. The van der Waals surface area contributed by atoms with Crippen molar-refractivity contribution in [2.24, 2.45) is 0 Å². The molecule has 0 atom stereocenters. The fourth-order valence-corrected chi connectivity index (χ4v) is 5.07. The Balaban J connectivity index is 1.71. The van der Waals surface area contributed by atoms with Gasteiger partial charge in [0.1, 0.15) is 11.1 Å². The van der Waals surface area contributed by atoms with E-state index in [9.17, 15) is 14.7 Å². The number of aliphatic hydroxyl groups is 1. The number of hydrogen-bond acceptors (Lipinski definition) is 4. The highest BCUT2D eigenvalue weighted by molar-refractivity contribution is 6.15. The highest BCUT2D eigenvalue weighted by Gasteiger charge is 2.33. The molecule has 0 spiro atoms. The lowest BCUT2D eigenvalue weighted by Gasteiger charge is -2.26. The number of allylic oxidation sites excluding steroid dienone is 2. The molecule has 178 valence electrons. The molecule has 0 fully saturated rings. The first-order valence-corrected chi connectivity index (χ1v) is 11.9. The number of aromatic nitrogens is 2. The van der Waals surface area contributed by atoms with Crippen LogP contribution in [0.3, 0.4) is 0 Å². The van der Waals surface area contributed by atoms with Gasteiger partial charge < -0.3 is 14.7 Å². The second-order valence-corrected chi connectivity index (χ2v) is 9.10. The molecule has 6 rings (SSSR count). The van der Waals surface area contributed by atoms with Crippen LogP contribution >= 0.6 is 0 Å². The van der Waals surface area contributed by atoms with E-state index < -0.39 is 5.60 Å². The fraction of sp³-hybridized carbons (Fsp3) is 0.0645. The van der Waals surface area contributed by atoms with E-state index in [0.717, 1.165) is 27.4 Å². The maximum atomic E-state index is 13.8. The van der Waals surface area contributed by atoms with Crippen molar-refractivity contribution in [2.75, 3.05) is 0 Å². The number of nitrogens with zero attached hydrogens (tertiary/aromatic N) is 2. The number of benzene rings is 3. The van der Waals surface area contributed by atoms with E-state index in [1.165, 1.54) is 24.3 Å². The number of carbonyl (C=O) groups excluding carboxylic acids is 1. The third kappa shape index (κ3) is 3.70. The smallest absolute Gasteiger partial charge is 0.272 e. The van der Waals surface area contributed by atoms with Crippen molar-refractivity contribution in [1.82, 2.24) is 9.55 Å². The molecule has 0 aliphatic heterocycles. The summed E-state index contributed by atoms with van der Waals surface area (Å²) < 4.78 is 1.97. The average molecular weight is 484 g/mol. The number of nitrogens with one attached hydrogen (secondary N) is 1. The summed E-state index contributed by atoms with van der Waals surface area (Å²) in [5, 5.41) is 22.4. The number of H-pyrrole nitrogens is 1. The largest absolute Gasteiger partial charge is 0.376 e. The minimum Gasteiger partial charge on any atom is -0.376 e. The molecule has 37 heavy (non-hydrogen) atoms. The molecule has 2 aromatic heterocycles. The highest BCUT2D eigenvalue weighted by atomic mass is 16.3. The summed E-state index contributed by atoms with van der Waals surface area (Å²) >= 11 is 0. The van der Waals surface area contributed by atoms with Crippen LogP contribution in [0.15, 0.2) is 108 Å². The van der Waals surface area contributed by atoms with Crippen LogP contribution < -0.4 is 5.56 Å². The number of rotatable bonds is 4. The van der Waals surface area contributed by atoms with Crippen molar-refractivity contribution >= 4 is 27.6 Å². The van der Waals surface area contributed by atoms with Gasteiger partial charge in [0.05, 0.1) is 17.3 Å². The molecule has 2 N–H and O–H groups in total. The molecule has 0 amide bonds. The van der Waals surface area contributed by atoms with Gasteiger partial charge in [0.2, 0.25) is 0 Å². The van der Waals surface area contributed by atoms with Crippen LogP contribution in [-0.4, -0.2) is 20.4 Å². The SMILES string of the molecule is N#Cc1ccc(Cn2c3ccccc3c3c(-c4ccccc4)c(C4(O)C=CC(=O)C=C4)[nH]c(=O)c32)cc1. The minimum atomic E-state index is -1.66. The Labute approximate surface area is 212 Å². The van der Waals surface area contributed by atoms with Crippen LogP contribution in [0.4, 0.5) is 0 Å². The molecule has 5 aromatic rings. The topological polar surface area (TPSA) is 98.9 Å². The summed E-state index contributed by atoms with van der Waals surface area (Å²) in [5.74, 6) is -0.228. The Morgan fingerprint density at radius 3 is 2.27 bits per heavy atom. The maximum Gasteiger partial charge on any atom is 0.272 e. The zero-order valence-electron chi connectivity index (χ0n) is 19.7. The monoisotopic (exact) mass is 483 g/mol. The van der Waals surface area contributed by atoms with E-state index in [2.05, 4.69) is 11.1 Å². The van der Waals surface area contributed by atoms with Crippen LogP contribution in [-0.2, 0) is 16.9 Å². The van der Waals surface area contributed by atoms with Crippen LogP contribution in [0, 0.1) is 11.3 Å². The van der Waals surface area contributed by atoms with Gasteiger partial charge in [-0.25, -0.2) is 0 Å². The summed E-state index contributed by atoms with van der Waals surface area (Å²) in [4.78, 5) is 28.6. The third-order valence-electron chi connectivity index (χ3n) is 6.81. The van der Waals surface area contributed by atoms with Crippen molar-refractivity contribution in [1.29, 1.82) is 5.26 Å². The number of aromatic amines is 1. The number of nitriles is 1. The van der Waals surface area contributed by atoms with Gasteiger partial charge in [-0.3, -0.25) is 9.59 Å². The van der Waals surface area contributed by atoms with Crippen molar-refractivity contribution < 1.29 is 9.90 Å². The van der Waals surface area contributed by atoms with E-state index in [0.29, 0.717) is 28.9 Å². The number of para-hydroxylation sites is 1. The van der Waals surface area contributed by atoms with Crippen LogP contribution in [0.5, 0.6) is 0 Å². The number of hydrogen-bond donors (Lipinski definition) is 2. The van der Waals surface area contributed by atoms with E-state index in [1.54, 1.807) is 12.1 Å². The van der Waals surface area contributed by atoms with E-state index in [1.807, 2.05) is 71.3 Å². The molecule has 2 heterocycles. The fourth-order valence-electron chi connectivity index (χ4n) is 5.07. The first kappa shape index (κ1) is 22.5. The Kier molecular flexibility index (Phi) is 5.22. The van der Waals surface area contributed by atoms with Gasteiger partial charge >= 0.3 is 0 Å². The first-order valence-electron chi connectivity index (χ1n) is 11.9. The summed E-state index contributed by atoms with van der Waals surface area (Å²) in [6.07, 6.45) is 5.44. The zero-order chi connectivity index (χ0) is 25.6. The van der Waals surface area contributed by atoms with Gasteiger partial charge in [0.25, 0.3) is 5.56 Å². The van der Waals surface area contributed by atoms with Crippen molar-refractivity contribution in [3.63, 3.8) is 0 Å². The van der Waals surface area contributed by atoms with Gasteiger partial charge in [-0.1, -0.05) is 60.7 Å². The summed E-state index contributed by atoms with van der Waals surface area (Å²) in [5.41, 5.74) is 2.68. The molecule has 6 heteroatoms. The van der Waals surface area contributed by atoms with Crippen molar-refractivity contribution in [3.05, 3.63) is 130 Å². The van der Waals surface area contributed by atoms with Crippen molar-refractivity contribution in [2.45, 2.75) is 12.1 Å². The van der Waals surface area contributed by atoms with Gasteiger partial charge in [-0.05, 0) is 53.6 Å². The van der Waals surface area contributed by atoms with Crippen molar-refractivity contribution in [3.8, 4) is 17.2 Å². The Morgan fingerprint density at radius 1 is 0.892 bits per heavy atom. The summed E-state index contributed by atoms with van der Waals surface area (Å²) in [6.45, 7) is 0.422. The Bertz CT molecular complexity index is 1830. The number of ketones is 1. The van der Waals surface area contributed by atoms with Gasteiger partial charge in [-0.2, -0.15) is 5.26 Å². The van der Waals surface area contributed by atoms with Gasteiger partial charge in [-0.15, -0.1) is 0 Å². The van der Waals surface area contributed by atoms with Crippen LogP contribution in [0.2, 0.25) is 0 Å². The second-order valence-electron chi connectivity index (χ2n) is 9.10. The molecule has 1 aliphatic carbocycles. The highest BCUT2D eigenvalue weighted by Crippen LogP contribution is 2.41. The second kappa shape index (κ2) is 8.59. The zero-order valence-corrected chi connectivity index (χ0v) is 19.7. The standard InChI is InChI=1S/C31H21N3O3/c32-18-20-10-12-21(13-11-20)19-34-25-9-5-4-8-24(25)27-26(22-6-2-1-3-7-22)29(33-30(36)28(27)34)31(37)16-14-23(35)15-17-31/h1-17,37H,19H2,(H,33,36).